The van der Waals surface area contributed by atoms with Crippen molar-refractivity contribution >= 4 is 35.0 Å². The van der Waals surface area contributed by atoms with Gasteiger partial charge in [0.15, 0.2) is 5.11 Å². The number of hydrogen-bond donors (Lipinski definition) is 1. The Morgan fingerprint density at radius 3 is 2.66 bits per heavy atom. The molecule has 180 valence electrons. The van der Waals surface area contributed by atoms with Crippen molar-refractivity contribution in [2.75, 3.05) is 7.11 Å². The molecule has 1 N–H and O–H groups in total. The van der Waals surface area contributed by atoms with Crippen LogP contribution < -0.4 is 14.8 Å². The summed E-state index contributed by atoms with van der Waals surface area (Å²) in [5.41, 5.74) is 2.75. The summed E-state index contributed by atoms with van der Waals surface area (Å²) in [6, 6.07) is 11.3. The number of nitrogens with one attached hydrogen (secondary N) is 1. The highest BCUT2D eigenvalue weighted by Gasteiger charge is 2.31. The largest absolute Gasteiger partial charge is 0.496 e. The smallest absolute Gasteiger partial charge is 0.276 e. The lowest BCUT2D eigenvalue weighted by molar-refractivity contribution is -0.384. The maximum absolute atomic E-state index is 13.0. The second-order valence-corrected chi connectivity index (χ2v) is 8.08. The lowest BCUT2D eigenvalue weighted by Crippen LogP contribution is -2.29. The van der Waals surface area contributed by atoms with E-state index < -0.39 is 4.92 Å². The summed E-state index contributed by atoms with van der Waals surface area (Å²) >= 11 is 5.38. The highest BCUT2D eigenvalue weighted by atomic mass is 32.1. The first-order chi connectivity index (χ1) is 16.9. The Morgan fingerprint density at radius 2 is 2.00 bits per heavy atom. The molecule has 1 saturated heterocycles. The lowest BCUT2D eigenvalue weighted by atomic mass is 10.1. The van der Waals surface area contributed by atoms with Crippen molar-refractivity contribution in [1.82, 2.24) is 20.0 Å². The van der Waals surface area contributed by atoms with Gasteiger partial charge in [-0.2, -0.15) is 5.10 Å². The summed E-state index contributed by atoms with van der Waals surface area (Å²) in [6.45, 7) is 3.24. The zero-order chi connectivity index (χ0) is 24.9. The monoisotopic (exact) mass is 493 g/mol. The van der Waals surface area contributed by atoms with Gasteiger partial charge in [-0.25, -0.2) is 0 Å². The molecule has 4 rings (SSSR count). The zero-order valence-corrected chi connectivity index (χ0v) is 19.9. The number of non-ortho nitro benzene ring substituents is 1. The normalized spacial score (nSPS) is 14.3. The number of aryl methyl sites for hydroxylation is 1. The van der Waals surface area contributed by atoms with Crippen LogP contribution >= 0.6 is 12.2 Å². The number of carbonyl (C=O) groups excluding carboxylic acids is 1. The van der Waals surface area contributed by atoms with Crippen molar-refractivity contribution in [1.29, 1.82) is 0 Å². The van der Waals surface area contributed by atoms with Crippen molar-refractivity contribution in [2.45, 2.75) is 26.6 Å². The third-order valence-corrected chi connectivity index (χ3v) is 5.69. The minimum atomic E-state index is -0.465. The number of hydrogen-bond acceptors (Lipinski definition) is 7. The number of benzene rings is 2. The first kappa shape index (κ1) is 23.9. The Labute approximate surface area is 206 Å². The van der Waals surface area contributed by atoms with Gasteiger partial charge >= 0.3 is 0 Å². The summed E-state index contributed by atoms with van der Waals surface area (Å²) in [7, 11) is 1.56. The number of nitrogens with zero attached hydrogens (tertiary/aromatic N) is 4. The van der Waals surface area contributed by atoms with E-state index >= 15 is 0 Å². The van der Waals surface area contributed by atoms with Crippen LogP contribution in [0.4, 0.5) is 5.69 Å². The molecule has 35 heavy (non-hydrogen) atoms. The molecule has 2 aromatic carbocycles. The van der Waals surface area contributed by atoms with E-state index in [1.54, 1.807) is 30.1 Å². The number of nitro benzene ring substituents is 1. The number of aromatic nitrogens is 2. The molecule has 0 bridgehead atoms. The van der Waals surface area contributed by atoms with Crippen LogP contribution in [0.25, 0.3) is 6.08 Å². The number of amides is 1. The molecular weight excluding hydrogens is 470 g/mol. The highest BCUT2D eigenvalue weighted by Crippen LogP contribution is 2.25. The predicted molar refractivity (Wildman–Crippen MR) is 133 cm³/mol. The van der Waals surface area contributed by atoms with Crippen LogP contribution in [0.1, 0.15) is 23.6 Å². The Balaban J connectivity index is 1.49. The van der Waals surface area contributed by atoms with E-state index in [1.165, 1.54) is 29.2 Å². The summed E-state index contributed by atoms with van der Waals surface area (Å²) in [4.78, 5) is 24.8. The Morgan fingerprint density at radius 1 is 1.23 bits per heavy atom. The molecule has 3 aromatic rings. The first-order valence-electron chi connectivity index (χ1n) is 10.8. The molecule has 0 aliphatic carbocycles. The Bertz CT molecular complexity index is 1300. The van der Waals surface area contributed by atoms with Gasteiger partial charge in [0.25, 0.3) is 11.6 Å². The predicted octanol–water partition coefficient (Wildman–Crippen LogP) is 3.66. The van der Waals surface area contributed by atoms with Gasteiger partial charge in [-0.1, -0.05) is 6.07 Å². The van der Waals surface area contributed by atoms with Gasteiger partial charge in [0.2, 0.25) is 0 Å². The summed E-state index contributed by atoms with van der Waals surface area (Å²) < 4.78 is 13.0. The van der Waals surface area contributed by atoms with Crippen molar-refractivity contribution in [3.05, 3.63) is 87.4 Å². The minimum absolute atomic E-state index is 0.0107. The van der Waals surface area contributed by atoms with Crippen LogP contribution in [0.2, 0.25) is 0 Å². The summed E-state index contributed by atoms with van der Waals surface area (Å²) in [5.74, 6) is 0.880. The molecule has 10 nitrogen and oxygen atoms in total. The molecule has 1 amide bonds. The maximum atomic E-state index is 13.0. The van der Waals surface area contributed by atoms with E-state index in [0.717, 1.165) is 23.2 Å². The number of nitro groups is 1. The lowest BCUT2D eigenvalue weighted by Gasteiger charge is -2.12. The molecule has 0 spiro atoms. The number of ether oxygens (including phenoxy) is 2. The highest BCUT2D eigenvalue weighted by molar-refractivity contribution is 7.80. The molecule has 1 aliphatic rings. The number of rotatable bonds is 9. The average Bonchev–Trinajstić information content (AvgIpc) is 3.43. The number of thiocarbonyl (C=S) groups is 1. The van der Waals surface area contributed by atoms with E-state index in [1.807, 2.05) is 25.3 Å². The van der Waals surface area contributed by atoms with Gasteiger partial charge in [0.1, 0.15) is 23.8 Å². The molecule has 0 atom stereocenters. The van der Waals surface area contributed by atoms with Crippen molar-refractivity contribution in [2.24, 2.45) is 0 Å². The molecule has 1 aliphatic heterocycles. The van der Waals surface area contributed by atoms with E-state index in [9.17, 15) is 14.9 Å². The van der Waals surface area contributed by atoms with Crippen LogP contribution in [0, 0.1) is 10.1 Å². The zero-order valence-electron chi connectivity index (χ0n) is 19.1. The molecule has 1 fully saturated rings. The third kappa shape index (κ3) is 5.46. The number of methoxy groups -OCH3 is 1. The average molecular weight is 494 g/mol. The third-order valence-electron chi connectivity index (χ3n) is 5.37. The number of carbonyl (C=O) groups is 1. The van der Waals surface area contributed by atoms with Crippen molar-refractivity contribution < 1.29 is 19.2 Å². The van der Waals surface area contributed by atoms with Crippen LogP contribution in [0.5, 0.6) is 11.5 Å². The van der Waals surface area contributed by atoms with Gasteiger partial charge in [-0.05, 0) is 55.0 Å². The standard InChI is InChI=1S/C24H23N5O5S/c1-3-27-13-17(12-25-27)14-28-23(30)21(26-24(28)35)11-16-4-9-22(33-2)18(10-16)15-34-20-7-5-19(6-8-20)29(31)32/h4-13H,3,14-15H2,1-2H3,(H,26,35)/b21-11+. The quantitative estimate of drug-likeness (QED) is 0.208. The van der Waals surface area contributed by atoms with E-state index in [-0.39, 0.29) is 18.2 Å². The Kier molecular flexibility index (Phi) is 7.06. The summed E-state index contributed by atoms with van der Waals surface area (Å²) in [5, 5.41) is 18.4. The van der Waals surface area contributed by atoms with E-state index in [2.05, 4.69) is 10.4 Å². The molecule has 1 aromatic heterocycles. The fourth-order valence-electron chi connectivity index (χ4n) is 3.55. The van der Waals surface area contributed by atoms with Crippen LogP contribution in [0.15, 0.2) is 60.6 Å². The van der Waals surface area contributed by atoms with Crippen molar-refractivity contribution in [3.63, 3.8) is 0 Å². The van der Waals surface area contributed by atoms with Crippen molar-refractivity contribution in [3.8, 4) is 11.5 Å². The molecule has 11 heteroatoms. The maximum Gasteiger partial charge on any atom is 0.276 e. The molecule has 2 heterocycles. The topological polar surface area (TPSA) is 112 Å². The second-order valence-electron chi connectivity index (χ2n) is 7.69. The summed E-state index contributed by atoms with van der Waals surface area (Å²) in [6.07, 6.45) is 5.33. The van der Waals surface area contributed by atoms with Crippen LogP contribution in [-0.4, -0.2) is 37.7 Å². The first-order valence-corrected chi connectivity index (χ1v) is 11.2. The van der Waals surface area contributed by atoms with Gasteiger partial charge < -0.3 is 14.8 Å². The molecular formula is C24H23N5O5S. The molecule has 0 saturated carbocycles. The SMILES string of the molecule is CCn1cc(CN2C(=O)/C(=C\c3ccc(OC)c(COc4ccc([N+](=O)[O-])cc4)c3)NC2=S)cn1. The molecule has 0 unspecified atom stereocenters. The van der Waals surface area contributed by atoms with Crippen LogP contribution in [0.3, 0.4) is 0 Å². The fourth-order valence-corrected chi connectivity index (χ4v) is 3.81. The van der Waals surface area contributed by atoms with E-state index in [4.69, 9.17) is 21.7 Å². The molecule has 0 radical (unpaired) electrons. The van der Waals surface area contributed by atoms with E-state index in [0.29, 0.717) is 28.9 Å². The van der Waals surface area contributed by atoms with Gasteiger partial charge in [-0.3, -0.25) is 24.5 Å². The minimum Gasteiger partial charge on any atom is -0.496 e. The van der Waals surface area contributed by atoms with Gasteiger partial charge in [0.05, 0.1) is 24.8 Å². The Hall–Kier alpha value is -4.25. The van der Waals surface area contributed by atoms with Gasteiger partial charge in [0, 0.05) is 36.0 Å². The second kappa shape index (κ2) is 10.3. The fraction of sp³-hybridized carbons (Fsp3) is 0.208. The van der Waals surface area contributed by atoms with Crippen LogP contribution in [-0.2, 0) is 24.5 Å². The van der Waals surface area contributed by atoms with Gasteiger partial charge in [-0.15, -0.1) is 0 Å².